The second-order valence-corrected chi connectivity index (χ2v) is 8.27. The van der Waals surface area contributed by atoms with E-state index in [0.717, 1.165) is 17.1 Å². The lowest BCUT2D eigenvalue weighted by Crippen LogP contribution is -2.54. The Bertz CT molecular complexity index is 1340. The van der Waals surface area contributed by atoms with Crippen LogP contribution in [0.25, 0.3) is 11.8 Å². The molecule has 0 atom stereocenters. The lowest BCUT2D eigenvalue weighted by atomic mass is 10.1. The van der Waals surface area contributed by atoms with Crippen LogP contribution in [-0.2, 0) is 9.59 Å². The first-order valence-corrected chi connectivity index (χ1v) is 10.7. The number of thiocarbonyl (C=S) groups is 1. The van der Waals surface area contributed by atoms with Gasteiger partial charge in [0.1, 0.15) is 5.57 Å². The molecule has 0 spiro atoms. The van der Waals surface area contributed by atoms with Gasteiger partial charge in [-0.25, -0.2) is 4.79 Å². The molecule has 0 aliphatic carbocycles. The third-order valence-corrected chi connectivity index (χ3v) is 5.87. The molecular formula is C24H18ClN3O4S. The van der Waals surface area contributed by atoms with Crippen molar-refractivity contribution in [2.24, 2.45) is 0 Å². The molecule has 1 saturated heterocycles. The highest BCUT2D eigenvalue weighted by Gasteiger charge is 2.34. The second-order valence-electron chi connectivity index (χ2n) is 7.45. The van der Waals surface area contributed by atoms with Gasteiger partial charge >= 0.3 is 5.97 Å². The largest absolute Gasteiger partial charge is 0.478 e. The Balaban J connectivity index is 1.73. The number of aryl methyl sites for hydroxylation is 1. The molecule has 0 saturated carbocycles. The van der Waals surface area contributed by atoms with E-state index in [1.54, 1.807) is 36.4 Å². The molecule has 2 N–H and O–H groups in total. The van der Waals surface area contributed by atoms with Crippen molar-refractivity contribution in [3.05, 3.63) is 87.7 Å². The van der Waals surface area contributed by atoms with Crippen LogP contribution < -0.4 is 10.2 Å². The fourth-order valence-corrected chi connectivity index (χ4v) is 4.13. The fourth-order valence-electron chi connectivity index (χ4n) is 3.72. The van der Waals surface area contributed by atoms with Crippen LogP contribution in [0.4, 0.5) is 5.69 Å². The summed E-state index contributed by atoms with van der Waals surface area (Å²) in [6.07, 6.45) is 1.53. The number of hydrogen-bond donors (Lipinski definition) is 2. The van der Waals surface area contributed by atoms with Gasteiger partial charge < -0.3 is 9.67 Å². The molecule has 3 aromatic rings. The molecule has 33 heavy (non-hydrogen) atoms. The highest BCUT2D eigenvalue weighted by molar-refractivity contribution is 7.80. The molecule has 0 unspecified atom stereocenters. The van der Waals surface area contributed by atoms with E-state index in [9.17, 15) is 14.4 Å². The number of anilines is 1. The van der Waals surface area contributed by atoms with E-state index in [1.807, 2.05) is 24.5 Å². The quantitative estimate of drug-likeness (QED) is 0.331. The first-order chi connectivity index (χ1) is 15.7. The summed E-state index contributed by atoms with van der Waals surface area (Å²) < 4.78 is 1.92. The zero-order chi connectivity index (χ0) is 23.9. The van der Waals surface area contributed by atoms with Crippen LogP contribution in [0.2, 0.25) is 5.02 Å². The van der Waals surface area contributed by atoms with Gasteiger partial charge in [-0.1, -0.05) is 11.6 Å². The van der Waals surface area contributed by atoms with Gasteiger partial charge in [-0.3, -0.25) is 19.8 Å². The molecule has 1 aliphatic heterocycles. The molecule has 0 bridgehead atoms. The van der Waals surface area contributed by atoms with Crippen molar-refractivity contribution in [2.45, 2.75) is 13.8 Å². The Labute approximate surface area is 199 Å². The molecule has 166 valence electrons. The lowest BCUT2D eigenvalue weighted by Gasteiger charge is -2.28. The van der Waals surface area contributed by atoms with E-state index in [0.29, 0.717) is 16.3 Å². The summed E-state index contributed by atoms with van der Waals surface area (Å²) >= 11 is 11.2. The van der Waals surface area contributed by atoms with Crippen molar-refractivity contribution in [1.82, 2.24) is 9.88 Å². The van der Waals surface area contributed by atoms with Gasteiger partial charge in [0.15, 0.2) is 5.11 Å². The molecule has 9 heteroatoms. The highest BCUT2D eigenvalue weighted by atomic mass is 35.5. The van der Waals surface area contributed by atoms with Crippen LogP contribution in [-0.4, -0.2) is 32.6 Å². The molecule has 4 rings (SSSR count). The van der Waals surface area contributed by atoms with Gasteiger partial charge in [0.25, 0.3) is 11.8 Å². The van der Waals surface area contributed by atoms with Crippen LogP contribution in [0, 0.1) is 13.8 Å². The Morgan fingerprint density at radius 3 is 2.24 bits per heavy atom. The second kappa shape index (κ2) is 8.65. The zero-order valence-electron chi connectivity index (χ0n) is 17.6. The number of rotatable bonds is 4. The van der Waals surface area contributed by atoms with E-state index in [4.69, 9.17) is 28.9 Å². The average molecular weight is 480 g/mol. The molecule has 2 heterocycles. The van der Waals surface area contributed by atoms with Crippen molar-refractivity contribution < 1.29 is 19.5 Å². The van der Waals surface area contributed by atoms with E-state index in [2.05, 4.69) is 5.32 Å². The number of aromatic nitrogens is 1. The van der Waals surface area contributed by atoms with Gasteiger partial charge in [0, 0.05) is 22.1 Å². The number of halogens is 1. The van der Waals surface area contributed by atoms with Gasteiger partial charge in [0.05, 0.1) is 11.3 Å². The summed E-state index contributed by atoms with van der Waals surface area (Å²) in [6.45, 7) is 3.75. The SMILES string of the molecule is Cc1cc(C=C2C(=O)NC(=S)N(c3ccc(Cl)cc3)C2=O)c(C)n1-c1ccc(C(=O)O)cc1. The summed E-state index contributed by atoms with van der Waals surface area (Å²) in [5.41, 5.74) is 3.71. The molecule has 0 radical (unpaired) electrons. The number of hydrogen-bond acceptors (Lipinski definition) is 4. The summed E-state index contributed by atoms with van der Waals surface area (Å²) in [6, 6.07) is 14.9. The van der Waals surface area contributed by atoms with Gasteiger partial charge in [-0.2, -0.15) is 0 Å². The minimum Gasteiger partial charge on any atom is -0.478 e. The number of nitrogens with one attached hydrogen (secondary N) is 1. The van der Waals surface area contributed by atoms with Crippen LogP contribution in [0.3, 0.4) is 0 Å². The number of nitrogens with zero attached hydrogens (tertiary/aromatic N) is 2. The van der Waals surface area contributed by atoms with E-state index in [1.165, 1.54) is 23.1 Å². The molecule has 2 aromatic carbocycles. The zero-order valence-corrected chi connectivity index (χ0v) is 19.2. The maximum Gasteiger partial charge on any atom is 0.335 e. The third-order valence-electron chi connectivity index (χ3n) is 5.33. The van der Waals surface area contributed by atoms with E-state index < -0.39 is 17.8 Å². The number of aromatic carboxylic acids is 1. The predicted molar refractivity (Wildman–Crippen MR) is 130 cm³/mol. The maximum absolute atomic E-state index is 13.2. The molecule has 7 nitrogen and oxygen atoms in total. The summed E-state index contributed by atoms with van der Waals surface area (Å²) in [7, 11) is 0. The smallest absolute Gasteiger partial charge is 0.335 e. The minimum absolute atomic E-state index is 0.00605. The predicted octanol–water partition coefficient (Wildman–Crippen LogP) is 4.28. The topological polar surface area (TPSA) is 91.6 Å². The van der Waals surface area contributed by atoms with Crippen LogP contribution in [0.5, 0.6) is 0 Å². The molecule has 1 fully saturated rings. The molecule has 1 aromatic heterocycles. The minimum atomic E-state index is -1.00. The van der Waals surface area contributed by atoms with Crippen molar-refractivity contribution in [2.75, 3.05) is 4.90 Å². The normalized spacial score (nSPS) is 15.2. The van der Waals surface area contributed by atoms with Crippen LogP contribution in [0.15, 0.2) is 60.2 Å². The molecule has 1 aliphatic rings. The number of amides is 2. The third kappa shape index (κ3) is 4.18. The van der Waals surface area contributed by atoms with Gasteiger partial charge in [-0.15, -0.1) is 0 Å². The lowest BCUT2D eigenvalue weighted by molar-refractivity contribution is -0.122. The van der Waals surface area contributed by atoms with Crippen molar-refractivity contribution in [1.29, 1.82) is 0 Å². The first kappa shape index (κ1) is 22.4. The Kier molecular flexibility index (Phi) is 5.88. The van der Waals surface area contributed by atoms with Crippen molar-refractivity contribution >= 4 is 58.5 Å². The Hall–Kier alpha value is -3.75. The van der Waals surface area contributed by atoms with Crippen molar-refractivity contribution in [3.8, 4) is 5.69 Å². The summed E-state index contributed by atoms with van der Waals surface area (Å²) in [4.78, 5) is 38.2. The summed E-state index contributed by atoms with van der Waals surface area (Å²) in [5, 5.41) is 12.2. The van der Waals surface area contributed by atoms with Gasteiger partial charge in [0.2, 0.25) is 0 Å². The monoisotopic (exact) mass is 479 g/mol. The average Bonchev–Trinajstić information content (AvgIpc) is 3.05. The van der Waals surface area contributed by atoms with Crippen LogP contribution >= 0.6 is 23.8 Å². The molecular weight excluding hydrogens is 462 g/mol. The van der Waals surface area contributed by atoms with E-state index in [-0.39, 0.29) is 16.2 Å². The number of carboxylic acids is 1. The molecule has 2 amide bonds. The van der Waals surface area contributed by atoms with Crippen molar-refractivity contribution in [3.63, 3.8) is 0 Å². The van der Waals surface area contributed by atoms with Gasteiger partial charge in [-0.05, 0) is 92.3 Å². The Morgan fingerprint density at radius 1 is 1.03 bits per heavy atom. The number of carboxylic acid groups (broad SMARTS) is 1. The number of carbonyl (C=O) groups is 3. The van der Waals surface area contributed by atoms with Crippen LogP contribution in [0.1, 0.15) is 27.3 Å². The summed E-state index contributed by atoms with van der Waals surface area (Å²) in [5.74, 6) is -2.12. The first-order valence-electron chi connectivity index (χ1n) is 9.87. The maximum atomic E-state index is 13.2. The standard InChI is InChI=1S/C24H18ClN3O4S/c1-13-11-16(14(2)27(13)18-7-3-15(4-8-18)23(31)32)12-20-21(29)26-24(33)28(22(20)30)19-9-5-17(25)6-10-19/h3-12H,1-2H3,(H,31,32)(H,26,29,33). The van der Waals surface area contributed by atoms with E-state index >= 15 is 0 Å². The number of carbonyl (C=O) groups excluding carboxylic acids is 2. The fraction of sp³-hybridized carbons (Fsp3) is 0.0833. The number of benzene rings is 2. The highest BCUT2D eigenvalue weighted by Crippen LogP contribution is 2.27. The Morgan fingerprint density at radius 2 is 1.64 bits per heavy atom.